The first-order valence-electron chi connectivity index (χ1n) is 4.69. The van der Waals surface area contributed by atoms with Gasteiger partial charge in [0.05, 0.1) is 0 Å². The summed E-state index contributed by atoms with van der Waals surface area (Å²) in [6, 6.07) is 4.66. The van der Waals surface area contributed by atoms with Crippen molar-refractivity contribution in [1.82, 2.24) is 0 Å². The molecule has 0 aliphatic rings. The molecule has 0 aliphatic heterocycles. The van der Waals surface area contributed by atoms with Crippen molar-refractivity contribution in [2.45, 2.75) is 19.9 Å². The zero-order valence-corrected chi connectivity index (χ0v) is 8.86. The molecular weight excluding hydrogens is 194 g/mol. The van der Waals surface area contributed by atoms with Gasteiger partial charge in [-0.15, -0.1) is 0 Å². The lowest BCUT2D eigenvalue weighted by molar-refractivity contribution is -0.139. The van der Waals surface area contributed by atoms with Crippen LogP contribution in [0.25, 0.3) is 0 Å². The standard InChI is InChI=1S/C11H15NO3/c1-7-4-3-5-10(8(7)2)15-6-9(12)11(13)14/h3-5,9H,6,12H2,1-2H3,(H,13,14)/t9-/m0/s1. The second-order valence-corrected chi connectivity index (χ2v) is 3.45. The quantitative estimate of drug-likeness (QED) is 0.778. The fourth-order valence-corrected chi connectivity index (χ4v) is 1.13. The van der Waals surface area contributed by atoms with Crippen LogP contribution in [0.15, 0.2) is 18.2 Å². The van der Waals surface area contributed by atoms with E-state index in [0.717, 1.165) is 11.1 Å². The Kier molecular flexibility index (Phi) is 3.68. The summed E-state index contributed by atoms with van der Waals surface area (Å²) in [6.07, 6.45) is 0. The summed E-state index contributed by atoms with van der Waals surface area (Å²) in [5.41, 5.74) is 7.45. The van der Waals surface area contributed by atoms with Gasteiger partial charge in [-0.25, -0.2) is 0 Å². The highest BCUT2D eigenvalue weighted by Gasteiger charge is 2.12. The molecule has 0 saturated carbocycles. The molecule has 3 N–H and O–H groups in total. The maximum atomic E-state index is 10.5. The Morgan fingerprint density at radius 1 is 1.53 bits per heavy atom. The molecule has 4 heteroatoms. The summed E-state index contributed by atoms with van der Waals surface area (Å²) in [5.74, 6) is -0.369. The van der Waals surface area contributed by atoms with E-state index in [2.05, 4.69) is 0 Å². The fraction of sp³-hybridized carbons (Fsp3) is 0.364. The lowest BCUT2D eigenvalue weighted by Gasteiger charge is -2.12. The minimum absolute atomic E-state index is 0.0143. The van der Waals surface area contributed by atoms with Gasteiger partial charge in [0.15, 0.2) is 0 Å². The zero-order valence-electron chi connectivity index (χ0n) is 8.86. The first-order chi connectivity index (χ1) is 7.02. The van der Waals surface area contributed by atoms with Crippen molar-refractivity contribution in [3.05, 3.63) is 29.3 Å². The number of nitrogens with two attached hydrogens (primary N) is 1. The van der Waals surface area contributed by atoms with Crippen LogP contribution in [0.2, 0.25) is 0 Å². The average molecular weight is 209 g/mol. The molecule has 0 fully saturated rings. The normalized spacial score (nSPS) is 12.2. The topological polar surface area (TPSA) is 72.5 Å². The van der Waals surface area contributed by atoms with Gasteiger partial charge in [-0.3, -0.25) is 4.79 Å². The predicted molar refractivity (Wildman–Crippen MR) is 57.0 cm³/mol. The van der Waals surface area contributed by atoms with Crippen LogP contribution in [0.5, 0.6) is 5.75 Å². The van der Waals surface area contributed by atoms with E-state index in [1.54, 1.807) is 6.07 Å². The zero-order chi connectivity index (χ0) is 11.4. The van der Waals surface area contributed by atoms with Gasteiger partial charge in [0.25, 0.3) is 0 Å². The van der Waals surface area contributed by atoms with Gasteiger partial charge in [-0.1, -0.05) is 12.1 Å². The van der Waals surface area contributed by atoms with Crippen molar-refractivity contribution in [2.75, 3.05) is 6.61 Å². The Labute approximate surface area is 88.7 Å². The highest BCUT2D eigenvalue weighted by Crippen LogP contribution is 2.20. The first kappa shape index (κ1) is 11.5. The molecule has 1 atom stereocenters. The number of ether oxygens (including phenoxy) is 1. The van der Waals surface area contributed by atoms with Crippen molar-refractivity contribution < 1.29 is 14.6 Å². The Hall–Kier alpha value is -1.55. The molecule has 1 rings (SSSR count). The smallest absolute Gasteiger partial charge is 0.324 e. The molecule has 1 aromatic rings. The third kappa shape index (κ3) is 2.95. The van der Waals surface area contributed by atoms with Gasteiger partial charge in [-0.2, -0.15) is 0 Å². The van der Waals surface area contributed by atoms with Crippen molar-refractivity contribution in [1.29, 1.82) is 0 Å². The first-order valence-corrected chi connectivity index (χ1v) is 4.69. The van der Waals surface area contributed by atoms with Crippen molar-refractivity contribution in [3.8, 4) is 5.75 Å². The molecular formula is C11H15NO3. The van der Waals surface area contributed by atoms with Gasteiger partial charge >= 0.3 is 5.97 Å². The largest absolute Gasteiger partial charge is 0.491 e. The molecule has 0 radical (unpaired) electrons. The Morgan fingerprint density at radius 2 is 2.20 bits per heavy atom. The molecule has 0 unspecified atom stereocenters. The monoisotopic (exact) mass is 209 g/mol. The predicted octanol–water partition coefficient (Wildman–Crippen LogP) is 1.09. The van der Waals surface area contributed by atoms with E-state index in [0.29, 0.717) is 5.75 Å². The van der Waals surface area contributed by atoms with Crippen molar-refractivity contribution >= 4 is 5.97 Å². The number of carboxylic acids is 1. The Balaban J connectivity index is 2.66. The lowest BCUT2D eigenvalue weighted by atomic mass is 10.1. The third-order valence-corrected chi connectivity index (χ3v) is 2.29. The molecule has 82 valence electrons. The van der Waals surface area contributed by atoms with Crippen molar-refractivity contribution in [3.63, 3.8) is 0 Å². The van der Waals surface area contributed by atoms with Crippen LogP contribution in [0.3, 0.4) is 0 Å². The molecule has 0 aliphatic carbocycles. The summed E-state index contributed by atoms with van der Waals surface area (Å²) in [6.45, 7) is 3.88. The maximum Gasteiger partial charge on any atom is 0.324 e. The van der Waals surface area contributed by atoms with Crippen LogP contribution >= 0.6 is 0 Å². The van der Waals surface area contributed by atoms with Crippen LogP contribution in [-0.2, 0) is 4.79 Å². The van der Waals surface area contributed by atoms with Crippen LogP contribution < -0.4 is 10.5 Å². The number of aryl methyl sites for hydroxylation is 1. The minimum Gasteiger partial charge on any atom is -0.491 e. The molecule has 0 heterocycles. The van der Waals surface area contributed by atoms with E-state index in [-0.39, 0.29) is 6.61 Å². The highest BCUT2D eigenvalue weighted by atomic mass is 16.5. The summed E-state index contributed by atoms with van der Waals surface area (Å²) in [7, 11) is 0. The number of rotatable bonds is 4. The summed E-state index contributed by atoms with van der Waals surface area (Å²) in [5, 5.41) is 8.58. The van der Waals surface area contributed by atoms with Crippen molar-refractivity contribution in [2.24, 2.45) is 5.73 Å². The molecule has 4 nitrogen and oxygen atoms in total. The molecule has 0 spiro atoms. The van der Waals surface area contributed by atoms with E-state index < -0.39 is 12.0 Å². The average Bonchev–Trinajstić information content (AvgIpc) is 2.19. The Bertz CT molecular complexity index is 363. The van der Waals surface area contributed by atoms with E-state index >= 15 is 0 Å². The van der Waals surface area contributed by atoms with Gasteiger partial charge in [0.2, 0.25) is 0 Å². The van der Waals surface area contributed by atoms with E-state index in [1.807, 2.05) is 26.0 Å². The van der Waals surface area contributed by atoms with Gasteiger partial charge in [0.1, 0.15) is 18.4 Å². The van der Waals surface area contributed by atoms with Gasteiger partial charge in [-0.05, 0) is 31.0 Å². The Morgan fingerprint density at radius 3 is 2.80 bits per heavy atom. The number of hydrogen-bond acceptors (Lipinski definition) is 3. The van der Waals surface area contributed by atoms with E-state index in [1.165, 1.54) is 0 Å². The molecule has 15 heavy (non-hydrogen) atoms. The number of hydrogen-bond donors (Lipinski definition) is 2. The number of carbonyl (C=O) groups is 1. The van der Waals surface area contributed by atoms with E-state index in [4.69, 9.17) is 15.6 Å². The number of carboxylic acid groups (broad SMARTS) is 1. The maximum absolute atomic E-state index is 10.5. The summed E-state index contributed by atoms with van der Waals surface area (Å²) >= 11 is 0. The van der Waals surface area contributed by atoms with Crippen LogP contribution in [0.1, 0.15) is 11.1 Å². The minimum atomic E-state index is -1.06. The van der Waals surface area contributed by atoms with E-state index in [9.17, 15) is 4.79 Å². The van der Waals surface area contributed by atoms with Crippen LogP contribution in [0.4, 0.5) is 0 Å². The SMILES string of the molecule is Cc1cccc(OC[C@H](N)C(=O)O)c1C. The molecule has 0 aromatic heterocycles. The highest BCUT2D eigenvalue weighted by molar-refractivity contribution is 5.73. The lowest BCUT2D eigenvalue weighted by Crippen LogP contribution is -2.36. The summed E-state index contributed by atoms with van der Waals surface area (Å²) < 4.78 is 5.33. The molecule has 0 bridgehead atoms. The molecule has 1 aromatic carbocycles. The molecule has 0 amide bonds. The van der Waals surface area contributed by atoms with Crippen LogP contribution in [-0.4, -0.2) is 23.7 Å². The second-order valence-electron chi connectivity index (χ2n) is 3.45. The number of aliphatic carboxylic acids is 1. The number of benzene rings is 1. The van der Waals surface area contributed by atoms with Gasteiger partial charge in [0, 0.05) is 0 Å². The molecule has 0 saturated heterocycles. The fourth-order valence-electron chi connectivity index (χ4n) is 1.13. The second kappa shape index (κ2) is 4.79. The summed E-state index contributed by atoms with van der Waals surface area (Å²) in [4.78, 5) is 10.5. The third-order valence-electron chi connectivity index (χ3n) is 2.29. The van der Waals surface area contributed by atoms with Gasteiger partial charge < -0.3 is 15.6 Å². The van der Waals surface area contributed by atoms with Crippen LogP contribution in [0, 0.1) is 13.8 Å².